The number of H-pyrrole nitrogens is 1. The number of aromatic nitrogens is 1. The summed E-state index contributed by atoms with van der Waals surface area (Å²) < 4.78 is 0. The van der Waals surface area contributed by atoms with Crippen molar-refractivity contribution in [2.24, 2.45) is 10.4 Å². The minimum Gasteiger partial charge on any atom is -0.361 e. The molecule has 1 aromatic carbocycles. The van der Waals surface area contributed by atoms with Crippen molar-refractivity contribution in [1.29, 1.82) is 0 Å². The van der Waals surface area contributed by atoms with Gasteiger partial charge in [0.2, 0.25) is 0 Å². The van der Waals surface area contributed by atoms with Crippen molar-refractivity contribution in [2.75, 3.05) is 26.7 Å². The van der Waals surface area contributed by atoms with E-state index in [1.165, 1.54) is 54.3 Å². The Balaban J connectivity index is 0.00000182. The highest BCUT2D eigenvalue weighted by Crippen LogP contribution is 2.47. The van der Waals surface area contributed by atoms with Gasteiger partial charge in [-0.1, -0.05) is 18.6 Å². The van der Waals surface area contributed by atoms with Crippen LogP contribution in [0.3, 0.4) is 0 Å². The Hall–Kier alpha value is -1.24. The molecule has 136 valence electrons. The summed E-state index contributed by atoms with van der Waals surface area (Å²) in [5.41, 5.74) is 4.53. The molecule has 2 aromatic rings. The van der Waals surface area contributed by atoms with Crippen molar-refractivity contribution in [3.8, 4) is 0 Å². The lowest BCUT2D eigenvalue weighted by Gasteiger charge is -2.38. The van der Waals surface area contributed by atoms with Crippen molar-refractivity contribution >= 4 is 40.8 Å². The molecule has 2 N–H and O–H groups in total. The number of likely N-dealkylation sites (tertiary alicyclic amines) is 1. The SMILES string of the molecule is CN=C(NCCc1c[nH]c2cc(C)ccc12)N1CCC2(CCC2)C1.I. The molecule has 1 spiro atoms. The van der Waals surface area contributed by atoms with Crippen LogP contribution < -0.4 is 5.32 Å². The Morgan fingerprint density at radius 1 is 1.32 bits per heavy atom. The number of halogens is 1. The predicted molar refractivity (Wildman–Crippen MR) is 116 cm³/mol. The van der Waals surface area contributed by atoms with Crippen LogP contribution in [0.4, 0.5) is 0 Å². The lowest BCUT2D eigenvalue weighted by molar-refractivity contribution is 0.151. The highest BCUT2D eigenvalue weighted by molar-refractivity contribution is 14.0. The maximum Gasteiger partial charge on any atom is 0.193 e. The number of hydrogen-bond donors (Lipinski definition) is 2. The fourth-order valence-corrected chi connectivity index (χ4v) is 4.35. The zero-order valence-corrected chi connectivity index (χ0v) is 17.6. The molecule has 25 heavy (non-hydrogen) atoms. The molecule has 0 unspecified atom stereocenters. The molecule has 5 heteroatoms. The largest absolute Gasteiger partial charge is 0.361 e. The highest BCUT2D eigenvalue weighted by atomic mass is 127. The molecule has 0 bridgehead atoms. The van der Waals surface area contributed by atoms with E-state index in [9.17, 15) is 0 Å². The van der Waals surface area contributed by atoms with E-state index >= 15 is 0 Å². The monoisotopic (exact) mass is 452 g/mol. The number of aliphatic imine (C=N–C) groups is 1. The van der Waals surface area contributed by atoms with Gasteiger partial charge in [0, 0.05) is 43.8 Å². The summed E-state index contributed by atoms with van der Waals surface area (Å²) >= 11 is 0. The van der Waals surface area contributed by atoms with Crippen LogP contribution in [0, 0.1) is 12.3 Å². The van der Waals surface area contributed by atoms with E-state index in [4.69, 9.17) is 0 Å². The fraction of sp³-hybridized carbons (Fsp3) is 0.550. The average molecular weight is 452 g/mol. The van der Waals surface area contributed by atoms with Crippen molar-refractivity contribution < 1.29 is 0 Å². The Morgan fingerprint density at radius 3 is 2.84 bits per heavy atom. The van der Waals surface area contributed by atoms with E-state index in [1.54, 1.807) is 0 Å². The molecule has 4 nitrogen and oxygen atoms in total. The van der Waals surface area contributed by atoms with Crippen molar-refractivity contribution in [1.82, 2.24) is 15.2 Å². The molecule has 2 aliphatic rings. The second-order valence-corrected chi connectivity index (χ2v) is 7.61. The van der Waals surface area contributed by atoms with Gasteiger partial charge in [0.05, 0.1) is 0 Å². The second-order valence-electron chi connectivity index (χ2n) is 7.61. The maximum atomic E-state index is 4.51. The number of guanidine groups is 1. The summed E-state index contributed by atoms with van der Waals surface area (Å²) in [6, 6.07) is 6.63. The number of nitrogens with zero attached hydrogens (tertiary/aromatic N) is 2. The first-order valence-electron chi connectivity index (χ1n) is 9.21. The molecule has 2 heterocycles. The summed E-state index contributed by atoms with van der Waals surface area (Å²) in [4.78, 5) is 10.4. The number of aryl methyl sites for hydroxylation is 1. The lowest BCUT2D eigenvalue weighted by atomic mass is 9.68. The van der Waals surface area contributed by atoms with Gasteiger partial charge in [-0.3, -0.25) is 4.99 Å². The van der Waals surface area contributed by atoms with Gasteiger partial charge in [0.15, 0.2) is 5.96 Å². The van der Waals surface area contributed by atoms with Gasteiger partial charge in [0.25, 0.3) is 0 Å². The minimum atomic E-state index is 0. The van der Waals surface area contributed by atoms with Crippen LogP contribution in [0.1, 0.15) is 36.8 Å². The van der Waals surface area contributed by atoms with E-state index in [2.05, 4.69) is 51.5 Å². The first kappa shape index (κ1) is 18.5. The topological polar surface area (TPSA) is 43.4 Å². The molecular formula is C20H29IN4. The standard InChI is InChI=1S/C20H28N4.HI/c1-15-4-5-17-16(13-23-18(17)12-15)6-10-22-19(21-2)24-11-9-20(14-24)7-3-8-20;/h4-5,12-13,23H,3,6-11,14H2,1-2H3,(H,21,22);1H. The number of aromatic amines is 1. The summed E-state index contributed by atoms with van der Waals surface area (Å²) in [7, 11) is 1.91. The average Bonchev–Trinajstić information content (AvgIpc) is 3.16. The van der Waals surface area contributed by atoms with Crippen LogP contribution in [0.15, 0.2) is 29.4 Å². The van der Waals surface area contributed by atoms with Gasteiger partial charge < -0.3 is 15.2 Å². The van der Waals surface area contributed by atoms with Gasteiger partial charge in [0.1, 0.15) is 0 Å². The first-order valence-corrected chi connectivity index (χ1v) is 9.21. The zero-order valence-electron chi connectivity index (χ0n) is 15.3. The first-order chi connectivity index (χ1) is 11.7. The van der Waals surface area contributed by atoms with Crippen LogP contribution in [0.2, 0.25) is 0 Å². The van der Waals surface area contributed by atoms with Gasteiger partial charge >= 0.3 is 0 Å². The molecule has 1 aliphatic heterocycles. The van der Waals surface area contributed by atoms with Crippen LogP contribution in [0.5, 0.6) is 0 Å². The third kappa shape index (κ3) is 3.66. The molecule has 0 atom stereocenters. The smallest absolute Gasteiger partial charge is 0.193 e. The van der Waals surface area contributed by atoms with Crippen LogP contribution in [0.25, 0.3) is 10.9 Å². The highest BCUT2D eigenvalue weighted by Gasteiger charge is 2.43. The van der Waals surface area contributed by atoms with E-state index < -0.39 is 0 Å². The Kier molecular flexibility index (Phi) is 5.61. The number of nitrogens with one attached hydrogen (secondary N) is 2. The Bertz CT molecular complexity index is 760. The maximum absolute atomic E-state index is 4.51. The lowest BCUT2D eigenvalue weighted by Crippen LogP contribution is -2.43. The van der Waals surface area contributed by atoms with E-state index in [0.29, 0.717) is 5.41 Å². The van der Waals surface area contributed by atoms with E-state index in [0.717, 1.165) is 25.5 Å². The molecule has 2 fully saturated rings. The van der Waals surface area contributed by atoms with Gasteiger partial charge in [-0.25, -0.2) is 0 Å². The second kappa shape index (κ2) is 7.56. The summed E-state index contributed by atoms with van der Waals surface area (Å²) in [5, 5.41) is 4.91. The third-order valence-corrected chi connectivity index (χ3v) is 5.96. The summed E-state index contributed by atoms with van der Waals surface area (Å²) in [5.74, 6) is 1.08. The predicted octanol–water partition coefficient (Wildman–Crippen LogP) is 4.09. The van der Waals surface area contributed by atoms with Crippen LogP contribution in [-0.4, -0.2) is 42.5 Å². The Morgan fingerprint density at radius 2 is 2.16 bits per heavy atom. The molecule has 4 rings (SSSR count). The van der Waals surface area contributed by atoms with E-state index in [1.807, 2.05) is 7.05 Å². The minimum absolute atomic E-state index is 0. The number of benzene rings is 1. The number of fused-ring (bicyclic) bond motifs is 1. The molecular weight excluding hydrogens is 423 g/mol. The number of rotatable bonds is 3. The number of hydrogen-bond acceptors (Lipinski definition) is 1. The van der Waals surface area contributed by atoms with E-state index in [-0.39, 0.29) is 24.0 Å². The molecule has 1 aliphatic carbocycles. The van der Waals surface area contributed by atoms with Crippen molar-refractivity contribution in [3.63, 3.8) is 0 Å². The molecule has 1 aromatic heterocycles. The quantitative estimate of drug-likeness (QED) is 0.419. The van der Waals surface area contributed by atoms with Crippen LogP contribution in [-0.2, 0) is 6.42 Å². The van der Waals surface area contributed by atoms with Gasteiger partial charge in [-0.05, 0) is 55.2 Å². The normalized spacial score (nSPS) is 19.1. The molecule has 1 saturated heterocycles. The Labute approximate surface area is 167 Å². The van der Waals surface area contributed by atoms with Gasteiger partial charge in [-0.15, -0.1) is 24.0 Å². The zero-order chi connectivity index (χ0) is 16.6. The summed E-state index contributed by atoms with van der Waals surface area (Å²) in [6.07, 6.45) is 8.74. The van der Waals surface area contributed by atoms with Gasteiger partial charge in [-0.2, -0.15) is 0 Å². The van der Waals surface area contributed by atoms with Crippen LogP contribution >= 0.6 is 24.0 Å². The van der Waals surface area contributed by atoms with Crippen molar-refractivity contribution in [3.05, 3.63) is 35.5 Å². The van der Waals surface area contributed by atoms with Crippen molar-refractivity contribution in [2.45, 2.75) is 39.0 Å². The third-order valence-electron chi connectivity index (χ3n) is 5.96. The molecule has 0 radical (unpaired) electrons. The molecule has 1 saturated carbocycles. The fourth-order valence-electron chi connectivity index (χ4n) is 4.35. The molecule has 0 amide bonds. The summed E-state index contributed by atoms with van der Waals surface area (Å²) in [6.45, 7) is 5.42.